The first-order valence-electron chi connectivity index (χ1n) is 7.44. The topological polar surface area (TPSA) is 41.9 Å². The highest BCUT2D eigenvalue weighted by atomic mass is 35.5. The van der Waals surface area contributed by atoms with Gasteiger partial charge in [0.05, 0.1) is 14.2 Å². The average molecular weight is 336 g/mol. The average Bonchev–Trinajstić information content (AvgIpc) is 2.55. The molecule has 0 bridgehead atoms. The Morgan fingerprint density at radius 2 is 1.70 bits per heavy atom. The van der Waals surface area contributed by atoms with Crippen molar-refractivity contribution in [1.29, 1.82) is 0 Å². The van der Waals surface area contributed by atoms with Gasteiger partial charge < -0.3 is 14.6 Å². The largest absolute Gasteiger partial charge is 0.508 e. The molecular formula is C18H22ClNO3. The van der Waals surface area contributed by atoms with Crippen LogP contribution in [0.25, 0.3) is 0 Å². The molecule has 1 heterocycles. The monoisotopic (exact) mass is 335 g/mol. The molecule has 0 amide bonds. The zero-order valence-electron chi connectivity index (χ0n) is 13.4. The summed E-state index contributed by atoms with van der Waals surface area (Å²) in [5.41, 5.74) is 3.54. The highest BCUT2D eigenvalue weighted by molar-refractivity contribution is 5.85. The van der Waals surface area contributed by atoms with Crippen molar-refractivity contribution in [2.24, 2.45) is 0 Å². The quantitative estimate of drug-likeness (QED) is 0.930. The maximum Gasteiger partial charge on any atom is 0.161 e. The first kappa shape index (κ1) is 17.4. The van der Waals surface area contributed by atoms with Crippen LogP contribution in [-0.2, 0) is 19.5 Å². The molecule has 0 aromatic heterocycles. The van der Waals surface area contributed by atoms with E-state index in [1.165, 1.54) is 11.1 Å². The van der Waals surface area contributed by atoms with Gasteiger partial charge in [-0.05, 0) is 35.7 Å². The smallest absolute Gasteiger partial charge is 0.161 e. The lowest BCUT2D eigenvalue weighted by Crippen LogP contribution is -2.30. The Bertz CT molecular complexity index is 675. The molecule has 0 fully saturated rings. The Labute approximate surface area is 143 Å². The van der Waals surface area contributed by atoms with E-state index >= 15 is 0 Å². The number of rotatable bonds is 4. The molecule has 1 aliphatic rings. The van der Waals surface area contributed by atoms with Crippen molar-refractivity contribution in [3.8, 4) is 17.2 Å². The predicted octanol–water partition coefficient (Wildman–Crippen LogP) is 3.39. The molecule has 0 saturated heterocycles. The molecule has 0 aliphatic carbocycles. The van der Waals surface area contributed by atoms with Crippen LogP contribution in [0.4, 0.5) is 0 Å². The van der Waals surface area contributed by atoms with Crippen LogP contribution < -0.4 is 9.47 Å². The van der Waals surface area contributed by atoms with Gasteiger partial charge in [-0.15, -0.1) is 12.4 Å². The highest BCUT2D eigenvalue weighted by Gasteiger charge is 2.20. The Balaban J connectivity index is 0.00000192. The summed E-state index contributed by atoms with van der Waals surface area (Å²) < 4.78 is 10.8. The fourth-order valence-electron chi connectivity index (χ4n) is 2.96. The minimum Gasteiger partial charge on any atom is -0.508 e. The zero-order valence-corrected chi connectivity index (χ0v) is 14.2. The summed E-state index contributed by atoms with van der Waals surface area (Å²) in [7, 11) is 3.32. The lowest BCUT2D eigenvalue weighted by atomic mass is 9.98. The second-order valence-electron chi connectivity index (χ2n) is 5.57. The summed E-state index contributed by atoms with van der Waals surface area (Å²) in [5, 5.41) is 9.92. The molecule has 0 atom stereocenters. The fraction of sp³-hybridized carbons (Fsp3) is 0.333. The third-order valence-corrected chi connectivity index (χ3v) is 4.18. The van der Waals surface area contributed by atoms with Crippen LogP contribution in [-0.4, -0.2) is 30.8 Å². The summed E-state index contributed by atoms with van der Waals surface area (Å²) in [5.74, 6) is 1.92. The summed E-state index contributed by atoms with van der Waals surface area (Å²) in [6.45, 7) is 2.57. The highest BCUT2D eigenvalue weighted by Crippen LogP contribution is 2.33. The Morgan fingerprint density at radius 1 is 1.04 bits per heavy atom. The number of phenols is 1. The fourth-order valence-corrected chi connectivity index (χ4v) is 2.96. The van der Waals surface area contributed by atoms with E-state index in [4.69, 9.17) is 9.47 Å². The maximum absolute atomic E-state index is 9.92. The number of hydrogen-bond acceptors (Lipinski definition) is 4. The molecule has 0 unspecified atom stereocenters. The van der Waals surface area contributed by atoms with E-state index < -0.39 is 0 Å². The van der Waals surface area contributed by atoms with Crippen molar-refractivity contribution in [2.75, 3.05) is 20.8 Å². The number of nitrogens with zero attached hydrogens (tertiary/aromatic N) is 1. The van der Waals surface area contributed by atoms with E-state index in [1.807, 2.05) is 18.2 Å². The Morgan fingerprint density at radius 3 is 2.35 bits per heavy atom. The Hall–Kier alpha value is -1.91. The number of fused-ring (bicyclic) bond motifs is 1. The predicted molar refractivity (Wildman–Crippen MR) is 92.7 cm³/mol. The van der Waals surface area contributed by atoms with Gasteiger partial charge in [-0.25, -0.2) is 0 Å². The van der Waals surface area contributed by atoms with E-state index in [1.54, 1.807) is 20.3 Å². The minimum absolute atomic E-state index is 0. The normalized spacial score (nSPS) is 13.8. The SMILES string of the molecule is COc1cc2c(cc1OC)CN(Cc1ccccc1O)CC2.Cl. The van der Waals surface area contributed by atoms with Crippen molar-refractivity contribution in [2.45, 2.75) is 19.5 Å². The van der Waals surface area contributed by atoms with Crippen molar-refractivity contribution in [3.63, 3.8) is 0 Å². The van der Waals surface area contributed by atoms with Gasteiger partial charge in [0.2, 0.25) is 0 Å². The summed E-state index contributed by atoms with van der Waals surface area (Å²) in [4.78, 5) is 2.34. The molecular weight excluding hydrogens is 314 g/mol. The van der Waals surface area contributed by atoms with Crippen LogP contribution in [0, 0.1) is 0 Å². The zero-order chi connectivity index (χ0) is 15.5. The third-order valence-electron chi connectivity index (χ3n) is 4.18. The van der Waals surface area contributed by atoms with E-state index in [-0.39, 0.29) is 12.4 Å². The molecule has 5 heteroatoms. The standard InChI is InChI=1S/C18H21NO3.ClH/c1-21-17-9-13-7-8-19(12-15(13)10-18(17)22-2)11-14-5-3-4-6-16(14)20;/h3-6,9-10,20H,7-8,11-12H2,1-2H3;1H. The van der Waals surface area contributed by atoms with Crippen LogP contribution in [0.2, 0.25) is 0 Å². The minimum atomic E-state index is 0. The molecule has 1 N–H and O–H groups in total. The van der Waals surface area contributed by atoms with Crippen molar-refractivity contribution in [1.82, 2.24) is 4.90 Å². The summed E-state index contributed by atoms with van der Waals surface area (Å²) in [6.07, 6.45) is 0.975. The van der Waals surface area contributed by atoms with Gasteiger partial charge >= 0.3 is 0 Å². The van der Waals surface area contributed by atoms with E-state index in [0.29, 0.717) is 5.75 Å². The van der Waals surface area contributed by atoms with Crippen molar-refractivity contribution >= 4 is 12.4 Å². The van der Waals surface area contributed by atoms with Crippen LogP contribution >= 0.6 is 12.4 Å². The molecule has 2 aromatic carbocycles. The van der Waals surface area contributed by atoms with E-state index in [9.17, 15) is 5.11 Å². The van der Waals surface area contributed by atoms with Gasteiger partial charge in [0.25, 0.3) is 0 Å². The van der Waals surface area contributed by atoms with E-state index in [0.717, 1.165) is 43.1 Å². The van der Waals surface area contributed by atoms with Crippen LogP contribution in [0.5, 0.6) is 17.2 Å². The number of benzene rings is 2. The number of ether oxygens (including phenoxy) is 2. The van der Waals surface area contributed by atoms with Crippen LogP contribution in [0.3, 0.4) is 0 Å². The number of para-hydroxylation sites is 1. The molecule has 2 aromatic rings. The number of methoxy groups -OCH3 is 2. The van der Waals surface area contributed by atoms with Crippen LogP contribution in [0.1, 0.15) is 16.7 Å². The van der Waals surface area contributed by atoms with Gasteiger partial charge in [-0.1, -0.05) is 18.2 Å². The lowest BCUT2D eigenvalue weighted by molar-refractivity contribution is 0.241. The van der Waals surface area contributed by atoms with Gasteiger partial charge in [0.15, 0.2) is 11.5 Å². The first-order chi connectivity index (χ1) is 10.7. The van der Waals surface area contributed by atoms with Crippen LogP contribution in [0.15, 0.2) is 36.4 Å². The molecule has 3 rings (SSSR count). The molecule has 0 spiro atoms. The molecule has 124 valence electrons. The second-order valence-corrected chi connectivity index (χ2v) is 5.57. The lowest BCUT2D eigenvalue weighted by Gasteiger charge is -2.29. The number of phenolic OH excluding ortho intramolecular Hbond substituents is 1. The Kier molecular flexibility index (Phi) is 5.74. The first-order valence-corrected chi connectivity index (χ1v) is 7.44. The molecule has 23 heavy (non-hydrogen) atoms. The number of halogens is 1. The molecule has 0 saturated carbocycles. The van der Waals surface area contributed by atoms with Crippen molar-refractivity contribution < 1.29 is 14.6 Å². The van der Waals surface area contributed by atoms with E-state index in [2.05, 4.69) is 17.0 Å². The third kappa shape index (κ3) is 3.71. The molecule has 1 aliphatic heterocycles. The summed E-state index contributed by atoms with van der Waals surface area (Å²) >= 11 is 0. The maximum atomic E-state index is 9.92. The molecule has 0 radical (unpaired) electrons. The number of hydrogen-bond donors (Lipinski definition) is 1. The second kappa shape index (κ2) is 7.57. The van der Waals surface area contributed by atoms with Gasteiger partial charge in [0.1, 0.15) is 5.75 Å². The number of aromatic hydroxyl groups is 1. The van der Waals surface area contributed by atoms with Crippen molar-refractivity contribution in [3.05, 3.63) is 53.1 Å². The van der Waals surface area contributed by atoms with Gasteiger partial charge in [-0.2, -0.15) is 0 Å². The van der Waals surface area contributed by atoms with Gasteiger partial charge in [0, 0.05) is 25.2 Å². The molecule has 4 nitrogen and oxygen atoms in total. The summed E-state index contributed by atoms with van der Waals surface area (Å²) in [6, 6.07) is 11.7. The van der Waals surface area contributed by atoms with Gasteiger partial charge in [-0.3, -0.25) is 4.90 Å².